The number of hydrogen-bond acceptors (Lipinski definition) is 3. The monoisotopic (exact) mass is 282 g/mol. The van der Waals surface area contributed by atoms with Gasteiger partial charge in [-0.25, -0.2) is 4.79 Å². The molecule has 0 aromatic heterocycles. The van der Waals surface area contributed by atoms with E-state index in [1.165, 1.54) is 0 Å². The average molecular weight is 282 g/mol. The van der Waals surface area contributed by atoms with Crippen LogP contribution in [0.5, 0.6) is 0 Å². The summed E-state index contributed by atoms with van der Waals surface area (Å²) in [6, 6.07) is 19.4. The minimum absolute atomic E-state index is 0.294. The van der Waals surface area contributed by atoms with Crippen LogP contribution in [0.25, 0.3) is 6.08 Å². The van der Waals surface area contributed by atoms with Crippen LogP contribution in [-0.4, -0.2) is 12.8 Å². The summed E-state index contributed by atoms with van der Waals surface area (Å²) in [4.78, 5) is 11.6. The normalized spacial score (nSPS) is 12.0. The SMILES string of the molecule is CCOC(=O)O[C@@H](C=Cc1ccccc1)c1ccccc1. The smallest absolute Gasteiger partial charge is 0.435 e. The molecule has 0 fully saturated rings. The summed E-state index contributed by atoms with van der Waals surface area (Å²) in [6.45, 7) is 2.04. The zero-order chi connectivity index (χ0) is 14.9. The van der Waals surface area contributed by atoms with Crippen LogP contribution in [0, 0.1) is 0 Å². The van der Waals surface area contributed by atoms with Gasteiger partial charge in [0.05, 0.1) is 6.61 Å². The maximum absolute atomic E-state index is 11.6. The van der Waals surface area contributed by atoms with Gasteiger partial charge in [-0.1, -0.05) is 66.7 Å². The second kappa shape index (κ2) is 7.90. The highest BCUT2D eigenvalue weighted by atomic mass is 16.7. The Morgan fingerprint density at radius 1 is 1.05 bits per heavy atom. The molecule has 0 amide bonds. The van der Waals surface area contributed by atoms with Crippen LogP contribution in [0.1, 0.15) is 24.2 Å². The Morgan fingerprint density at radius 3 is 2.29 bits per heavy atom. The fourth-order valence-electron chi connectivity index (χ4n) is 1.88. The van der Waals surface area contributed by atoms with Crippen molar-refractivity contribution in [2.24, 2.45) is 0 Å². The van der Waals surface area contributed by atoms with E-state index in [4.69, 9.17) is 9.47 Å². The molecule has 0 aliphatic rings. The molecular weight excluding hydrogens is 264 g/mol. The van der Waals surface area contributed by atoms with Crippen LogP contribution >= 0.6 is 0 Å². The first-order valence-electron chi connectivity index (χ1n) is 6.91. The molecule has 1 atom stereocenters. The van der Waals surface area contributed by atoms with Gasteiger partial charge >= 0.3 is 6.16 Å². The van der Waals surface area contributed by atoms with Crippen molar-refractivity contribution in [3.05, 3.63) is 77.9 Å². The molecule has 2 rings (SSSR count). The third kappa shape index (κ3) is 4.80. The highest BCUT2D eigenvalue weighted by molar-refractivity contribution is 5.61. The Morgan fingerprint density at radius 2 is 1.67 bits per heavy atom. The summed E-state index contributed by atoms with van der Waals surface area (Å²) >= 11 is 0. The first-order valence-corrected chi connectivity index (χ1v) is 6.91. The van der Waals surface area contributed by atoms with Gasteiger partial charge in [-0.3, -0.25) is 0 Å². The lowest BCUT2D eigenvalue weighted by molar-refractivity contribution is 0.0403. The Labute approximate surface area is 124 Å². The molecule has 0 spiro atoms. The fourth-order valence-corrected chi connectivity index (χ4v) is 1.88. The van der Waals surface area contributed by atoms with Crippen molar-refractivity contribution in [3.63, 3.8) is 0 Å². The molecule has 0 aliphatic carbocycles. The molecule has 3 heteroatoms. The third-order valence-electron chi connectivity index (χ3n) is 2.88. The Bertz CT molecular complexity index is 576. The maximum atomic E-state index is 11.6. The van der Waals surface area contributed by atoms with Gasteiger partial charge in [-0.2, -0.15) is 0 Å². The third-order valence-corrected chi connectivity index (χ3v) is 2.88. The maximum Gasteiger partial charge on any atom is 0.509 e. The van der Waals surface area contributed by atoms with Crippen molar-refractivity contribution in [3.8, 4) is 0 Å². The molecule has 3 nitrogen and oxygen atoms in total. The Balaban J connectivity index is 2.16. The van der Waals surface area contributed by atoms with E-state index in [1.54, 1.807) is 6.92 Å². The Hall–Kier alpha value is -2.55. The van der Waals surface area contributed by atoms with Crippen LogP contribution in [0.15, 0.2) is 66.7 Å². The molecule has 21 heavy (non-hydrogen) atoms. The van der Waals surface area contributed by atoms with E-state index in [0.29, 0.717) is 6.61 Å². The number of ether oxygens (including phenoxy) is 2. The summed E-state index contributed by atoms with van der Waals surface area (Å²) in [6.07, 6.45) is 2.65. The van der Waals surface area contributed by atoms with Gasteiger partial charge in [0.2, 0.25) is 0 Å². The molecule has 2 aromatic rings. The number of hydrogen-bond donors (Lipinski definition) is 0. The summed E-state index contributed by atoms with van der Waals surface area (Å²) in [5.74, 6) is 0. The van der Waals surface area contributed by atoms with Gasteiger partial charge < -0.3 is 9.47 Å². The molecule has 0 radical (unpaired) electrons. The van der Waals surface area contributed by atoms with Crippen LogP contribution in [0.3, 0.4) is 0 Å². The van der Waals surface area contributed by atoms with Crippen LogP contribution < -0.4 is 0 Å². The van der Waals surface area contributed by atoms with Gasteiger partial charge in [-0.05, 0) is 24.1 Å². The van der Waals surface area contributed by atoms with Gasteiger partial charge in [0.15, 0.2) is 0 Å². The van der Waals surface area contributed by atoms with Gasteiger partial charge in [0.1, 0.15) is 6.10 Å². The molecule has 0 heterocycles. The average Bonchev–Trinajstić information content (AvgIpc) is 2.53. The molecule has 108 valence electrons. The number of carbonyl (C=O) groups excluding carboxylic acids is 1. The van der Waals surface area contributed by atoms with Crippen molar-refractivity contribution in [1.29, 1.82) is 0 Å². The summed E-state index contributed by atoms with van der Waals surface area (Å²) in [5, 5.41) is 0. The first-order chi connectivity index (χ1) is 10.3. The van der Waals surface area contributed by atoms with Gasteiger partial charge in [0.25, 0.3) is 0 Å². The lowest BCUT2D eigenvalue weighted by Gasteiger charge is -2.14. The predicted octanol–water partition coefficient (Wildman–Crippen LogP) is 4.61. The fraction of sp³-hybridized carbons (Fsp3) is 0.167. The van der Waals surface area contributed by atoms with Crippen molar-refractivity contribution in [2.75, 3.05) is 6.61 Å². The number of rotatable bonds is 5. The lowest BCUT2D eigenvalue weighted by Crippen LogP contribution is -2.11. The van der Waals surface area contributed by atoms with Crippen LogP contribution in [-0.2, 0) is 9.47 Å². The van der Waals surface area contributed by atoms with E-state index in [9.17, 15) is 4.79 Å². The summed E-state index contributed by atoms with van der Waals surface area (Å²) < 4.78 is 10.2. The van der Waals surface area contributed by atoms with E-state index >= 15 is 0 Å². The largest absolute Gasteiger partial charge is 0.509 e. The molecule has 0 aliphatic heterocycles. The van der Waals surface area contributed by atoms with Gasteiger partial charge in [-0.15, -0.1) is 0 Å². The lowest BCUT2D eigenvalue weighted by atomic mass is 10.1. The molecule has 0 bridgehead atoms. The van der Waals surface area contributed by atoms with E-state index in [1.807, 2.05) is 72.8 Å². The second-order valence-corrected chi connectivity index (χ2v) is 4.40. The zero-order valence-electron chi connectivity index (χ0n) is 11.9. The quantitative estimate of drug-likeness (QED) is 0.751. The van der Waals surface area contributed by atoms with E-state index in [0.717, 1.165) is 11.1 Å². The molecule has 2 aromatic carbocycles. The van der Waals surface area contributed by atoms with Crippen LogP contribution in [0.2, 0.25) is 0 Å². The molecule has 0 N–H and O–H groups in total. The molecule has 0 saturated carbocycles. The highest BCUT2D eigenvalue weighted by Gasteiger charge is 2.14. The molecule has 0 saturated heterocycles. The van der Waals surface area contributed by atoms with Crippen molar-refractivity contribution in [1.82, 2.24) is 0 Å². The minimum Gasteiger partial charge on any atom is -0.435 e. The number of benzene rings is 2. The van der Waals surface area contributed by atoms with E-state index in [-0.39, 0.29) is 0 Å². The minimum atomic E-state index is -0.663. The second-order valence-electron chi connectivity index (χ2n) is 4.40. The summed E-state index contributed by atoms with van der Waals surface area (Å²) in [5.41, 5.74) is 1.95. The molecule has 0 unspecified atom stereocenters. The topological polar surface area (TPSA) is 35.5 Å². The molecular formula is C18H18O3. The highest BCUT2D eigenvalue weighted by Crippen LogP contribution is 2.20. The van der Waals surface area contributed by atoms with Crippen LogP contribution in [0.4, 0.5) is 4.79 Å². The Kier molecular flexibility index (Phi) is 5.59. The van der Waals surface area contributed by atoms with E-state index < -0.39 is 12.3 Å². The van der Waals surface area contributed by atoms with Crippen molar-refractivity contribution in [2.45, 2.75) is 13.0 Å². The number of carbonyl (C=O) groups is 1. The van der Waals surface area contributed by atoms with E-state index in [2.05, 4.69) is 0 Å². The van der Waals surface area contributed by atoms with Crippen molar-refractivity contribution >= 4 is 12.2 Å². The standard InChI is InChI=1S/C18H18O3/c1-2-20-18(19)21-17(16-11-7-4-8-12-16)14-13-15-9-5-3-6-10-15/h3-14,17H,2H2,1H3/t17-/m0/s1. The van der Waals surface area contributed by atoms with Crippen molar-refractivity contribution < 1.29 is 14.3 Å². The zero-order valence-corrected chi connectivity index (χ0v) is 11.9. The first kappa shape index (κ1) is 14.9. The summed E-state index contributed by atoms with van der Waals surface area (Å²) in [7, 11) is 0. The van der Waals surface area contributed by atoms with Gasteiger partial charge in [0, 0.05) is 0 Å². The predicted molar refractivity (Wildman–Crippen MR) is 82.8 cm³/mol.